The molecule has 11 heteroatoms. The second kappa shape index (κ2) is 16.6. The minimum atomic E-state index is -0.889. The van der Waals surface area contributed by atoms with Crippen molar-refractivity contribution < 1.29 is 53.3 Å². The van der Waals surface area contributed by atoms with Crippen LogP contribution in [0.15, 0.2) is 91.0 Å². The third kappa shape index (κ3) is 9.41. The molecule has 11 nitrogen and oxygen atoms in total. The summed E-state index contributed by atoms with van der Waals surface area (Å²) >= 11 is 0. The van der Waals surface area contributed by atoms with E-state index in [1.165, 1.54) is 68.8 Å². The van der Waals surface area contributed by atoms with E-state index in [1.807, 2.05) is 6.92 Å². The van der Waals surface area contributed by atoms with Crippen LogP contribution in [0.2, 0.25) is 0 Å². The number of aromatic hydroxyl groups is 3. The molecule has 3 N–H and O–H groups in total. The van der Waals surface area contributed by atoms with Crippen LogP contribution in [0.1, 0.15) is 44.9 Å². The van der Waals surface area contributed by atoms with Crippen molar-refractivity contribution in [3.8, 4) is 34.5 Å². The molecule has 0 amide bonds. The Balaban J connectivity index is 1.54. The van der Waals surface area contributed by atoms with Crippen LogP contribution in [0, 0.1) is 0 Å². The molecule has 0 aliphatic heterocycles. The highest BCUT2D eigenvalue weighted by Crippen LogP contribution is 2.36. The molecule has 0 aliphatic carbocycles. The zero-order chi connectivity index (χ0) is 33.8. The molecule has 0 fully saturated rings. The van der Waals surface area contributed by atoms with Gasteiger partial charge in [0.15, 0.2) is 29.1 Å². The Bertz CT molecular complexity index is 1660. The number of phenolic OH excluding ortho intramolecular Hbond substituents is 3. The van der Waals surface area contributed by atoms with E-state index in [4.69, 9.17) is 28.4 Å². The lowest BCUT2D eigenvalue weighted by molar-refractivity contribution is -0.0508. The third-order valence-electron chi connectivity index (χ3n) is 6.89. The molecule has 47 heavy (non-hydrogen) atoms. The lowest BCUT2D eigenvalue weighted by Crippen LogP contribution is -2.33. The number of esters is 2. The molecule has 0 radical (unpaired) electrons. The smallest absolute Gasteiger partial charge is 0.338 e. The Hall–Kier alpha value is -5.68. The molecule has 246 valence electrons. The van der Waals surface area contributed by atoms with E-state index in [1.54, 1.807) is 42.5 Å². The van der Waals surface area contributed by atoms with E-state index in [-0.39, 0.29) is 48.4 Å². The van der Waals surface area contributed by atoms with Gasteiger partial charge in [-0.15, -0.1) is 0 Å². The normalized spacial score (nSPS) is 12.2. The Kier molecular flexibility index (Phi) is 12.1. The van der Waals surface area contributed by atoms with Crippen LogP contribution in [-0.2, 0) is 14.2 Å². The third-order valence-corrected chi connectivity index (χ3v) is 6.89. The number of rotatable bonds is 15. The van der Waals surface area contributed by atoms with Gasteiger partial charge in [-0.25, -0.2) is 9.59 Å². The first-order valence-corrected chi connectivity index (χ1v) is 14.6. The Morgan fingerprint density at radius 3 is 1.94 bits per heavy atom. The monoisotopic (exact) mass is 644 g/mol. The molecule has 4 rings (SSSR count). The molecule has 0 heterocycles. The lowest BCUT2D eigenvalue weighted by atomic mass is 10.0. The van der Waals surface area contributed by atoms with Crippen molar-refractivity contribution in [1.82, 2.24) is 0 Å². The van der Waals surface area contributed by atoms with Gasteiger partial charge in [0.1, 0.15) is 30.8 Å². The van der Waals surface area contributed by atoms with E-state index < -0.39 is 24.1 Å². The van der Waals surface area contributed by atoms with Crippen molar-refractivity contribution in [2.45, 2.75) is 19.1 Å². The van der Waals surface area contributed by atoms with Crippen LogP contribution in [0.25, 0.3) is 6.08 Å². The number of hydrogen-bond acceptors (Lipinski definition) is 11. The predicted molar refractivity (Wildman–Crippen MR) is 172 cm³/mol. The van der Waals surface area contributed by atoms with Gasteiger partial charge in [0.2, 0.25) is 0 Å². The molecular formula is C36H36O11. The molecule has 0 bridgehead atoms. The summed E-state index contributed by atoms with van der Waals surface area (Å²) in [6, 6.07) is 21.4. The summed E-state index contributed by atoms with van der Waals surface area (Å²) in [5.74, 6) is -0.193. The minimum Gasteiger partial charge on any atom is -0.508 e. The summed E-state index contributed by atoms with van der Waals surface area (Å²) < 4.78 is 34.3. The summed E-state index contributed by atoms with van der Waals surface area (Å²) in [7, 11) is 2.92. The highest BCUT2D eigenvalue weighted by molar-refractivity contribution is 5.90. The molecule has 2 atom stereocenters. The fourth-order valence-corrected chi connectivity index (χ4v) is 4.53. The molecule has 0 saturated heterocycles. The number of benzene rings is 4. The molecule has 0 saturated carbocycles. The maximum atomic E-state index is 12.9. The molecule has 0 spiro atoms. The van der Waals surface area contributed by atoms with Crippen molar-refractivity contribution in [3.05, 3.63) is 113 Å². The van der Waals surface area contributed by atoms with Crippen molar-refractivity contribution in [1.29, 1.82) is 0 Å². The number of phenols is 3. The predicted octanol–water partition coefficient (Wildman–Crippen LogP) is 6.07. The van der Waals surface area contributed by atoms with Crippen LogP contribution < -0.4 is 14.2 Å². The molecule has 0 aliphatic rings. The molecule has 4 aromatic rings. The van der Waals surface area contributed by atoms with Crippen LogP contribution in [-0.4, -0.2) is 67.4 Å². The van der Waals surface area contributed by atoms with Gasteiger partial charge in [-0.3, -0.25) is 0 Å². The van der Waals surface area contributed by atoms with Gasteiger partial charge in [0.25, 0.3) is 0 Å². The van der Waals surface area contributed by atoms with E-state index in [0.29, 0.717) is 22.6 Å². The van der Waals surface area contributed by atoms with Gasteiger partial charge < -0.3 is 43.7 Å². The number of methoxy groups -OCH3 is 2. The zero-order valence-corrected chi connectivity index (χ0v) is 26.1. The van der Waals surface area contributed by atoms with E-state index >= 15 is 0 Å². The number of carbonyl (C=O) groups is 2. The highest BCUT2D eigenvalue weighted by atomic mass is 16.6. The zero-order valence-electron chi connectivity index (χ0n) is 26.1. The maximum absolute atomic E-state index is 12.9. The van der Waals surface area contributed by atoms with Crippen molar-refractivity contribution in [2.24, 2.45) is 0 Å². The standard InChI is InChI=1S/C36H36O11/c1-4-44-34(26-12-17-29(39)31(21-26)42-2)33(22-46-36(41)25-10-15-28(38)16-11-25)47-30-18-7-23(20-32(30)43-3)6-5-19-45-35(40)24-8-13-27(37)14-9-24/h5-18,20-21,33-34,37-39H,4,19,22H2,1-3H3/b6-5+/t33-,34-/m1/s1. The molecular weight excluding hydrogens is 608 g/mol. The van der Waals surface area contributed by atoms with Gasteiger partial charge >= 0.3 is 11.9 Å². The fraction of sp³-hybridized carbons (Fsp3) is 0.222. The van der Waals surface area contributed by atoms with Gasteiger partial charge in [-0.05, 0) is 96.9 Å². The van der Waals surface area contributed by atoms with Crippen LogP contribution in [0.5, 0.6) is 34.5 Å². The topological polar surface area (TPSA) is 150 Å². The average Bonchev–Trinajstić information content (AvgIpc) is 3.08. The maximum Gasteiger partial charge on any atom is 0.338 e. The second-order valence-electron chi connectivity index (χ2n) is 10.1. The summed E-state index contributed by atoms with van der Waals surface area (Å²) in [4.78, 5) is 25.1. The highest BCUT2D eigenvalue weighted by Gasteiger charge is 2.30. The minimum absolute atomic E-state index is 0.0147. The summed E-state index contributed by atoms with van der Waals surface area (Å²) in [6.07, 6.45) is 1.76. The molecule has 0 unspecified atom stereocenters. The van der Waals surface area contributed by atoms with Gasteiger partial charge in [-0.1, -0.05) is 18.2 Å². The van der Waals surface area contributed by atoms with E-state index in [0.717, 1.165) is 5.56 Å². The Morgan fingerprint density at radius 1 is 0.723 bits per heavy atom. The number of ether oxygens (including phenoxy) is 6. The van der Waals surface area contributed by atoms with E-state index in [9.17, 15) is 24.9 Å². The largest absolute Gasteiger partial charge is 0.508 e. The second-order valence-corrected chi connectivity index (χ2v) is 10.1. The van der Waals surface area contributed by atoms with E-state index in [2.05, 4.69) is 0 Å². The number of hydrogen-bond donors (Lipinski definition) is 3. The lowest BCUT2D eigenvalue weighted by Gasteiger charge is -2.29. The SMILES string of the molecule is CCO[C@H](c1ccc(O)c(OC)c1)[C@@H](COC(=O)c1ccc(O)cc1)Oc1ccc(/C=C/COC(=O)c2ccc(O)cc2)cc1OC. The summed E-state index contributed by atoms with van der Waals surface area (Å²) in [6.45, 7) is 1.89. The van der Waals surface area contributed by atoms with Gasteiger partial charge in [0, 0.05) is 6.61 Å². The molecule has 4 aromatic carbocycles. The van der Waals surface area contributed by atoms with Crippen molar-refractivity contribution in [2.75, 3.05) is 34.0 Å². The van der Waals surface area contributed by atoms with Crippen LogP contribution in [0.3, 0.4) is 0 Å². The van der Waals surface area contributed by atoms with Gasteiger partial charge in [-0.2, -0.15) is 0 Å². The summed E-state index contributed by atoms with van der Waals surface area (Å²) in [5, 5.41) is 29.1. The van der Waals surface area contributed by atoms with Gasteiger partial charge in [0.05, 0.1) is 25.3 Å². The van der Waals surface area contributed by atoms with Crippen molar-refractivity contribution in [3.63, 3.8) is 0 Å². The fourth-order valence-electron chi connectivity index (χ4n) is 4.53. The molecule has 0 aromatic heterocycles. The number of carbonyl (C=O) groups excluding carboxylic acids is 2. The van der Waals surface area contributed by atoms with Crippen LogP contribution >= 0.6 is 0 Å². The Labute approximate surface area is 272 Å². The summed E-state index contributed by atoms with van der Waals surface area (Å²) in [5.41, 5.74) is 1.89. The first kappa shape index (κ1) is 34.2. The quantitative estimate of drug-likeness (QED) is 0.129. The Morgan fingerprint density at radius 2 is 1.34 bits per heavy atom. The van der Waals surface area contributed by atoms with Crippen LogP contribution in [0.4, 0.5) is 0 Å². The average molecular weight is 645 g/mol. The van der Waals surface area contributed by atoms with Crippen molar-refractivity contribution >= 4 is 18.0 Å². The first-order valence-electron chi connectivity index (χ1n) is 14.6. The first-order chi connectivity index (χ1) is 22.7.